The maximum Gasteiger partial charge on any atom is 0.295 e. The highest BCUT2D eigenvalue weighted by molar-refractivity contribution is 6.46. The van der Waals surface area contributed by atoms with Gasteiger partial charge in [0, 0.05) is 12.1 Å². The van der Waals surface area contributed by atoms with Crippen molar-refractivity contribution in [2.75, 3.05) is 13.2 Å². The molecule has 1 saturated heterocycles. The largest absolute Gasteiger partial charge is 0.507 e. The Labute approximate surface area is 224 Å². The highest BCUT2D eigenvalue weighted by Crippen LogP contribution is 2.41. The van der Waals surface area contributed by atoms with Gasteiger partial charge in [-0.2, -0.15) is 0 Å². The normalized spacial score (nSPS) is 16.7. The molecule has 1 aliphatic rings. The van der Waals surface area contributed by atoms with E-state index in [1.54, 1.807) is 24.3 Å². The van der Waals surface area contributed by atoms with Gasteiger partial charge in [-0.05, 0) is 66.3 Å². The van der Waals surface area contributed by atoms with Crippen molar-refractivity contribution in [2.24, 2.45) is 5.92 Å². The van der Waals surface area contributed by atoms with Gasteiger partial charge < -0.3 is 19.5 Å². The molecule has 1 fully saturated rings. The molecule has 1 aliphatic heterocycles. The Hall–Kier alpha value is -4.06. The SMILES string of the molecule is CCCOc1ccc(/C(O)=C2\C(=O)C(=O)N(Cc3ccccc3)C2c2cccc(OCCC(C)C)c2)cc1. The van der Waals surface area contributed by atoms with Gasteiger partial charge >= 0.3 is 0 Å². The zero-order chi connectivity index (χ0) is 27.1. The zero-order valence-electron chi connectivity index (χ0n) is 22.2. The zero-order valence-corrected chi connectivity index (χ0v) is 22.2. The summed E-state index contributed by atoms with van der Waals surface area (Å²) in [5.74, 6) is 0.281. The van der Waals surface area contributed by atoms with Gasteiger partial charge in [0.2, 0.25) is 0 Å². The average molecular weight is 514 g/mol. The van der Waals surface area contributed by atoms with E-state index in [4.69, 9.17) is 9.47 Å². The maximum absolute atomic E-state index is 13.4. The van der Waals surface area contributed by atoms with Crippen molar-refractivity contribution < 1.29 is 24.2 Å². The summed E-state index contributed by atoms with van der Waals surface area (Å²) in [7, 11) is 0. The van der Waals surface area contributed by atoms with Gasteiger partial charge in [0.05, 0.1) is 24.8 Å². The quantitative estimate of drug-likeness (QED) is 0.179. The third-order valence-electron chi connectivity index (χ3n) is 6.47. The molecule has 0 aromatic heterocycles. The molecule has 198 valence electrons. The fraction of sp³-hybridized carbons (Fsp3) is 0.312. The van der Waals surface area contributed by atoms with Crippen LogP contribution in [-0.2, 0) is 16.1 Å². The third-order valence-corrected chi connectivity index (χ3v) is 6.47. The minimum atomic E-state index is -0.764. The Kier molecular flexibility index (Phi) is 8.85. The molecule has 1 N–H and O–H groups in total. The van der Waals surface area contributed by atoms with E-state index in [0.29, 0.717) is 41.8 Å². The first kappa shape index (κ1) is 27.0. The van der Waals surface area contributed by atoms with Gasteiger partial charge in [-0.3, -0.25) is 9.59 Å². The number of nitrogens with zero attached hydrogens (tertiary/aromatic N) is 1. The van der Waals surface area contributed by atoms with E-state index in [9.17, 15) is 14.7 Å². The highest BCUT2D eigenvalue weighted by Gasteiger charge is 2.46. The molecule has 38 heavy (non-hydrogen) atoms. The molecule has 0 saturated carbocycles. The van der Waals surface area contributed by atoms with E-state index >= 15 is 0 Å². The minimum absolute atomic E-state index is 0.0625. The standard InChI is InChI=1S/C32H35NO5/c1-4-18-37-26-15-13-24(14-16-26)30(34)28-29(25-11-8-12-27(20-25)38-19-17-22(2)3)33(32(36)31(28)35)21-23-9-6-5-7-10-23/h5-16,20,22,29,34H,4,17-19,21H2,1-3H3/b30-28+. The van der Waals surface area contributed by atoms with Gasteiger partial charge in [-0.25, -0.2) is 0 Å². The number of aliphatic hydroxyl groups is 1. The number of benzene rings is 3. The van der Waals surface area contributed by atoms with Crippen LogP contribution in [0.3, 0.4) is 0 Å². The topological polar surface area (TPSA) is 76.1 Å². The summed E-state index contributed by atoms with van der Waals surface area (Å²) in [5, 5.41) is 11.4. The van der Waals surface area contributed by atoms with Crippen LogP contribution in [0.15, 0.2) is 84.4 Å². The summed E-state index contributed by atoms with van der Waals surface area (Å²) in [6.45, 7) is 7.69. The van der Waals surface area contributed by atoms with Crippen molar-refractivity contribution in [1.29, 1.82) is 0 Å². The maximum atomic E-state index is 13.4. The number of hydrogen-bond acceptors (Lipinski definition) is 5. The second-order valence-corrected chi connectivity index (χ2v) is 9.89. The van der Waals surface area contributed by atoms with Crippen molar-refractivity contribution in [2.45, 2.75) is 46.2 Å². The van der Waals surface area contributed by atoms with E-state index in [0.717, 1.165) is 18.4 Å². The third kappa shape index (κ3) is 6.25. The molecule has 6 nitrogen and oxygen atoms in total. The lowest BCUT2D eigenvalue weighted by atomic mass is 9.95. The number of carbonyl (C=O) groups excluding carboxylic acids is 2. The number of hydrogen-bond donors (Lipinski definition) is 1. The van der Waals surface area contributed by atoms with Crippen LogP contribution in [0.1, 0.15) is 56.3 Å². The monoisotopic (exact) mass is 513 g/mol. The van der Waals surface area contributed by atoms with Gasteiger partial charge in [-0.1, -0.05) is 63.2 Å². The Morgan fingerprint density at radius 3 is 2.29 bits per heavy atom. The predicted octanol–water partition coefficient (Wildman–Crippen LogP) is 6.52. The van der Waals surface area contributed by atoms with Crippen LogP contribution in [0.25, 0.3) is 5.76 Å². The number of amides is 1. The van der Waals surface area contributed by atoms with Gasteiger partial charge in [0.15, 0.2) is 0 Å². The van der Waals surface area contributed by atoms with Crippen molar-refractivity contribution in [1.82, 2.24) is 4.90 Å². The van der Waals surface area contributed by atoms with Crippen LogP contribution in [0.5, 0.6) is 11.5 Å². The molecule has 1 heterocycles. The summed E-state index contributed by atoms with van der Waals surface area (Å²) in [6, 6.07) is 23.1. The molecule has 3 aromatic carbocycles. The molecule has 0 spiro atoms. The number of Topliss-reactive ketones (excluding diaryl/α,β-unsaturated/α-hetero) is 1. The minimum Gasteiger partial charge on any atom is -0.507 e. The van der Waals surface area contributed by atoms with E-state index in [-0.39, 0.29) is 17.9 Å². The summed E-state index contributed by atoms with van der Waals surface area (Å²) < 4.78 is 11.6. The Bertz CT molecular complexity index is 1280. The summed E-state index contributed by atoms with van der Waals surface area (Å²) in [4.78, 5) is 28.2. The molecular weight excluding hydrogens is 478 g/mol. The lowest BCUT2D eigenvalue weighted by molar-refractivity contribution is -0.140. The van der Waals surface area contributed by atoms with E-state index in [1.807, 2.05) is 61.5 Å². The van der Waals surface area contributed by atoms with Crippen LogP contribution in [-0.4, -0.2) is 34.9 Å². The fourth-order valence-corrected chi connectivity index (χ4v) is 4.44. The number of likely N-dealkylation sites (tertiary alicyclic amines) is 1. The molecule has 3 aromatic rings. The smallest absolute Gasteiger partial charge is 0.295 e. The average Bonchev–Trinajstić information content (AvgIpc) is 3.17. The predicted molar refractivity (Wildman–Crippen MR) is 148 cm³/mol. The number of ether oxygens (including phenoxy) is 2. The highest BCUT2D eigenvalue weighted by atomic mass is 16.5. The Morgan fingerprint density at radius 2 is 1.61 bits per heavy atom. The second-order valence-electron chi connectivity index (χ2n) is 9.89. The summed E-state index contributed by atoms with van der Waals surface area (Å²) >= 11 is 0. The van der Waals surface area contributed by atoms with Crippen LogP contribution in [0.2, 0.25) is 0 Å². The Morgan fingerprint density at radius 1 is 0.895 bits per heavy atom. The first-order valence-corrected chi connectivity index (χ1v) is 13.2. The molecule has 0 aliphatic carbocycles. The molecule has 6 heteroatoms. The second kappa shape index (κ2) is 12.5. The van der Waals surface area contributed by atoms with E-state index < -0.39 is 17.7 Å². The molecule has 4 rings (SSSR count). The molecule has 1 amide bonds. The number of carbonyl (C=O) groups is 2. The number of rotatable bonds is 11. The van der Waals surface area contributed by atoms with Crippen molar-refractivity contribution >= 4 is 17.4 Å². The first-order chi connectivity index (χ1) is 18.4. The number of ketones is 1. The van der Waals surface area contributed by atoms with Gasteiger partial charge in [0.1, 0.15) is 17.3 Å². The summed E-state index contributed by atoms with van der Waals surface area (Å²) in [5.41, 5.74) is 2.10. The van der Waals surface area contributed by atoms with E-state index in [2.05, 4.69) is 13.8 Å². The van der Waals surface area contributed by atoms with Crippen molar-refractivity contribution in [3.05, 3.63) is 101 Å². The van der Waals surface area contributed by atoms with Crippen molar-refractivity contribution in [3.8, 4) is 11.5 Å². The first-order valence-electron chi connectivity index (χ1n) is 13.2. The van der Waals surface area contributed by atoms with Crippen LogP contribution in [0.4, 0.5) is 0 Å². The van der Waals surface area contributed by atoms with Gasteiger partial charge in [-0.15, -0.1) is 0 Å². The van der Waals surface area contributed by atoms with Gasteiger partial charge in [0.25, 0.3) is 11.7 Å². The number of aliphatic hydroxyl groups excluding tert-OH is 1. The molecular formula is C32H35NO5. The van der Waals surface area contributed by atoms with Crippen LogP contribution in [0, 0.1) is 5.92 Å². The summed E-state index contributed by atoms with van der Waals surface area (Å²) in [6.07, 6.45) is 1.79. The Balaban J connectivity index is 1.75. The molecule has 1 atom stereocenters. The van der Waals surface area contributed by atoms with Crippen molar-refractivity contribution in [3.63, 3.8) is 0 Å². The molecule has 0 radical (unpaired) electrons. The molecule has 1 unspecified atom stereocenters. The lowest BCUT2D eigenvalue weighted by Crippen LogP contribution is -2.29. The van der Waals surface area contributed by atoms with E-state index in [1.165, 1.54) is 4.90 Å². The fourth-order valence-electron chi connectivity index (χ4n) is 4.44. The van der Waals surface area contributed by atoms with Crippen LogP contribution < -0.4 is 9.47 Å². The van der Waals surface area contributed by atoms with Crippen LogP contribution >= 0.6 is 0 Å². The molecule has 0 bridgehead atoms. The lowest BCUT2D eigenvalue weighted by Gasteiger charge is -2.26.